The Labute approximate surface area is 124 Å². The molecule has 1 aromatic heterocycles. The van der Waals surface area contributed by atoms with Crippen LogP contribution in [0.4, 0.5) is 5.69 Å². The summed E-state index contributed by atoms with van der Waals surface area (Å²) in [7, 11) is 2.22. The zero-order valence-electron chi connectivity index (χ0n) is 11.8. The molecule has 0 spiro atoms. The number of nitrogens with zero attached hydrogens (tertiary/aromatic N) is 2. The Morgan fingerprint density at radius 3 is 3.10 bits per heavy atom. The lowest BCUT2D eigenvalue weighted by atomic mass is 10.0. The van der Waals surface area contributed by atoms with Gasteiger partial charge in [-0.3, -0.25) is 4.98 Å². The van der Waals surface area contributed by atoms with Crippen LogP contribution >= 0.6 is 11.6 Å². The number of nitrogens with one attached hydrogen (secondary N) is 1. The minimum atomic E-state index is 0.624. The van der Waals surface area contributed by atoms with E-state index in [1.807, 2.05) is 30.5 Å². The van der Waals surface area contributed by atoms with Crippen LogP contribution in [0.2, 0.25) is 5.02 Å². The molecule has 3 nitrogen and oxygen atoms in total. The normalized spacial score (nSPS) is 20.2. The molecule has 4 heteroatoms. The molecule has 2 heterocycles. The molecule has 0 bridgehead atoms. The van der Waals surface area contributed by atoms with E-state index in [4.69, 9.17) is 11.6 Å². The van der Waals surface area contributed by atoms with Crippen molar-refractivity contribution in [2.45, 2.75) is 25.3 Å². The summed E-state index contributed by atoms with van der Waals surface area (Å²) in [5.74, 6) is 0. The van der Waals surface area contributed by atoms with Crippen molar-refractivity contribution in [2.75, 3.05) is 25.5 Å². The van der Waals surface area contributed by atoms with Crippen LogP contribution in [-0.4, -0.2) is 36.1 Å². The molecular formula is C16H20ClN3. The second-order valence-corrected chi connectivity index (χ2v) is 5.97. The van der Waals surface area contributed by atoms with Gasteiger partial charge in [0.2, 0.25) is 0 Å². The molecule has 1 aromatic carbocycles. The second-order valence-electron chi connectivity index (χ2n) is 5.53. The van der Waals surface area contributed by atoms with Crippen molar-refractivity contribution in [3.63, 3.8) is 0 Å². The molecule has 1 aliphatic heterocycles. The van der Waals surface area contributed by atoms with Crippen LogP contribution in [0.5, 0.6) is 0 Å². The summed E-state index contributed by atoms with van der Waals surface area (Å²) < 4.78 is 0. The van der Waals surface area contributed by atoms with Crippen LogP contribution < -0.4 is 5.32 Å². The number of aromatic nitrogens is 1. The fourth-order valence-corrected chi connectivity index (χ4v) is 3.07. The standard InChI is InChI=1S/C16H20ClN3/c1-20-9-3-2-4-13(20)11-19-15-7-8-18-16-10-12(17)5-6-14(15)16/h5-8,10,13H,2-4,9,11H2,1H3,(H,18,19). The van der Waals surface area contributed by atoms with E-state index in [1.165, 1.54) is 25.8 Å². The maximum atomic E-state index is 6.02. The molecule has 1 atom stereocenters. The first-order chi connectivity index (χ1) is 9.74. The third-order valence-corrected chi connectivity index (χ3v) is 4.39. The van der Waals surface area contributed by atoms with Gasteiger partial charge in [0.1, 0.15) is 0 Å². The molecule has 1 N–H and O–H groups in total. The molecule has 1 unspecified atom stereocenters. The predicted molar refractivity (Wildman–Crippen MR) is 85.5 cm³/mol. The molecular weight excluding hydrogens is 270 g/mol. The van der Waals surface area contributed by atoms with Crippen molar-refractivity contribution < 1.29 is 0 Å². The highest BCUT2D eigenvalue weighted by atomic mass is 35.5. The first-order valence-electron chi connectivity index (χ1n) is 7.22. The Kier molecular flexibility index (Phi) is 4.08. The number of halogens is 1. The smallest absolute Gasteiger partial charge is 0.0737 e. The van der Waals surface area contributed by atoms with Gasteiger partial charge in [-0.05, 0) is 50.7 Å². The van der Waals surface area contributed by atoms with E-state index in [2.05, 4.69) is 22.2 Å². The predicted octanol–water partition coefficient (Wildman–Crippen LogP) is 3.78. The number of fused-ring (bicyclic) bond motifs is 1. The Morgan fingerprint density at radius 2 is 2.25 bits per heavy atom. The molecule has 1 aliphatic rings. The summed E-state index contributed by atoms with van der Waals surface area (Å²) in [6, 6.07) is 8.54. The first kappa shape index (κ1) is 13.7. The highest BCUT2D eigenvalue weighted by molar-refractivity contribution is 6.31. The molecule has 0 radical (unpaired) electrons. The summed E-state index contributed by atoms with van der Waals surface area (Å²) in [5, 5.41) is 5.45. The number of hydrogen-bond donors (Lipinski definition) is 1. The van der Waals surface area contributed by atoms with Gasteiger partial charge in [-0.2, -0.15) is 0 Å². The topological polar surface area (TPSA) is 28.2 Å². The van der Waals surface area contributed by atoms with Crippen LogP contribution in [0.1, 0.15) is 19.3 Å². The molecule has 0 amide bonds. The highest BCUT2D eigenvalue weighted by Crippen LogP contribution is 2.25. The molecule has 1 saturated heterocycles. The number of rotatable bonds is 3. The molecule has 0 aliphatic carbocycles. The van der Waals surface area contributed by atoms with Crippen LogP contribution in [0.15, 0.2) is 30.5 Å². The summed E-state index contributed by atoms with van der Waals surface area (Å²) >= 11 is 6.02. The quantitative estimate of drug-likeness (QED) is 0.932. The Hall–Kier alpha value is -1.32. The number of likely N-dealkylation sites (N-methyl/N-ethyl adjacent to an activating group) is 1. The van der Waals surface area contributed by atoms with Crippen molar-refractivity contribution in [2.24, 2.45) is 0 Å². The summed E-state index contributed by atoms with van der Waals surface area (Å²) in [6.07, 6.45) is 5.77. The van der Waals surface area contributed by atoms with E-state index in [0.29, 0.717) is 6.04 Å². The van der Waals surface area contributed by atoms with Crippen LogP contribution in [0.3, 0.4) is 0 Å². The van der Waals surface area contributed by atoms with Crippen molar-refractivity contribution in [3.05, 3.63) is 35.5 Å². The van der Waals surface area contributed by atoms with Gasteiger partial charge in [0.05, 0.1) is 5.52 Å². The van der Waals surface area contributed by atoms with Crippen LogP contribution in [0, 0.1) is 0 Å². The molecule has 1 fully saturated rings. The number of benzene rings is 1. The SMILES string of the molecule is CN1CCCCC1CNc1ccnc2cc(Cl)ccc12. The van der Waals surface area contributed by atoms with Crippen LogP contribution in [-0.2, 0) is 0 Å². The third kappa shape index (κ3) is 2.89. The molecule has 2 aromatic rings. The lowest BCUT2D eigenvalue weighted by Crippen LogP contribution is -2.40. The Bertz CT molecular complexity index is 599. The van der Waals surface area contributed by atoms with Crippen molar-refractivity contribution in [1.82, 2.24) is 9.88 Å². The minimum absolute atomic E-state index is 0.624. The highest BCUT2D eigenvalue weighted by Gasteiger charge is 2.18. The maximum Gasteiger partial charge on any atom is 0.0737 e. The van der Waals surface area contributed by atoms with Crippen molar-refractivity contribution >= 4 is 28.2 Å². The molecule has 106 valence electrons. The second kappa shape index (κ2) is 5.98. The van der Waals surface area contributed by atoms with Crippen molar-refractivity contribution in [1.29, 1.82) is 0 Å². The van der Waals surface area contributed by atoms with E-state index in [1.54, 1.807) is 0 Å². The average Bonchev–Trinajstić information content (AvgIpc) is 2.46. The van der Waals surface area contributed by atoms with E-state index < -0.39 is 0 Å². The van der Waals surface area contributed by atoms with E-state index in [9.17, 15) is 0 Å². The number of likely N-dealkylation sites (tertiary alicyclic amines) is 1. The lowest BCUT2D eigenvalue weighted by Gasteiger charge is -2.32. The zero-order chi connectivity index (χ0) is 13.9. The number of anilines is 1. The van der Waals surface area contributed by atoms with Gasteiger partial charge in [0.15, 0.2) is 0 Å². The Morgan fingerprint density at radius 1 is 1.35 bits per heavy atom. The molecule has 3 rings (SSSR count). The van der Waals surface area contributed by atoms with E-state index in [0.717, 1.165) is 28.2 Å². The minimum Gasteiger partial charge on any atom is -0.383 e. The third-order valence-electron chi connectivity index (χ3n) is 4.15. The van der Waals surface area contributed by atoms with Gasteiger partial charge < -0.3 is 10.2 Å². The summed E-state index contributed by atoms with van der Waals surface area (Å²) in [6.45, 7) is 2.19. The largest absolute Gasteiger partial charge is 0.383 e. The maximum absolute atomic E-state index is 6.02. The van der Waals surface area contributed by atoms with Gasteiger partial charge in [-0.1, -0.05) is 18.0 Å². The monoisotopic (exact) mass is 289 g/mol. The fraction of sp³-hybridized carbons (Fsp3) is 0.438. The van der Waals surface area contributed by atoms with Gasteiger partial charge in [0.25, 0.3) is 0 Å². The zero-order valence-corrected chi connectivity index (χ0v) is 12.5. The van der Waals surface area contributed by atoms with Crippen molar-refractivity contribution in [3.8, 4) is 0 Å². The first-order valence-corrected chi connectivity index (χ1v) is 7.60. The lowest BCUT2D eigenvalue weighted by molar-refractivity contribution is 0.195. The molecule has 20 heavy (non-hydrogen) atoms. The van der Waals surface area contributed by atoms with Gasteiger partial charge in [-0.15, -0.1) is 0 Å². The number of hydrogen-bond acceptors (Lipinski definition) is 3. The fourth-order valence-electron chi connectivity index (χ4n) is 2.91. The number of piperidine rings is 1. The average molecular weight is 290 g/mol. The summed E-state index contributed by atoms with van der Waals surface area (Å²) in [4.78, 5) is 6.83. The van der Waals surface area contributed by atoms with E-state index in [-0.39, 0.29) is 0 Å². The van der Waals surface area contributed by atoms with E-state index >= 15 is 0 Å². The summed E-state index contributed by atoms with van der Waals surface area (Å²) in [5.41, 5.74) is 2.09. The Balaban J connectivity index is 1.77. The molecule has 0 saturated carbocycles. The van der Waals surface area contributed by atoms with Gasteiger partial charge >= 0.3 is 0 Å². The van der Waals surface area contributed by atoms with Gasteiger partial charge in [-0.25, -0.2) is 0 Å². The van der Waals surface area contributed by atoms with Gasteiger partial charge in [0, 0.05) is 34.9 Å². The number of pyridine rings is 1. The van der Waals surface area contributed by atoms with Crippen LogP contribution in [0.25, 0.3) is 10.9 Å².